The summed E-state index contributed by atoms with van der Waals surface area (Å²) in [5.41, 5.74) is 2.52. The molecule has 25 heavy (non-hydrogen) atoms. The molecule has 1 aliphatic heterocycles. The molecule has 6 nitrogen and oxygen atoms in total. The summed E-state index contributed by atoms with van der Waals surface area (Å²) < 4.78 is 0. The second kappa shape index (κ2) is 10.9. The predicted molar refractivity (Wildman–Crippen MR) is 102 cm³/mol. The highest BCUT2D eigenvalue weighted by atomic mass is 35.5. The molecule has 1 heterocycles. The van der Waals surface area contributed by atoms with E-state index in [0.717, 1.165) is 19.5 Å². The van der Waals surface area contributed by atoms with Gasteiger partial charge in [-0.2, -0.15) is 0 Å². The Morgan fingerprint density at radius 2 is 1.92 bits per heavy atom. The topological polar surface area (TPSA) is 73.5 Å². The minimum atomic E-state index is -0.0988. The molecule has 0 fully saturated rings. The van der Waals surface area contributed by atoms with Crippen LogP contribution in [0.2, 0.25) is 0 Å². The molecule has 3 N–H and O–H groups in total. The Hall–Kier alpha value is -1.79. The Labute approximate surface area is 156 Å². The lowest BCUT2D eigenvalue weighted by atomic mass is 10.0. The van der Waals surface area contributed by atoms with Gasteiger partial charge in [0.1, 0.15) is 0 Å². The maximum Gasteiger partial charge on any atom is 0.317 e. The van der Waals surface area contributed by atoms with Crippen molar-refractivity contribution in [3.63, 3.8) is 0 Å². The van der Waals surface area contributed by atoms with Crippen molar-refractivity contribution < 1.29 is 9.59 Å². The molecule has 3 amide bonds. The molecule has 1 aliphatic rings. The summed E-state index contributed by atoms with van der Waals surface area (Å²) in [6, 6.07) is 8.36. The van der Waals surface area contributed by atoms with Crippen molar-refractivity contribution in [2.45, 2.75) is 39.3 Å². The summed E-state index contributed by atoms with van der Waals surface area (Å²) in [6.45, 7) is 7.25. The van der Waals surface area contributed by atoms with Gasteiger partial charge >= 0.3 is 6.03 Å². The summed E-state index contributed by atoms with van der Waals surface area (Å²) in [6.07, 6.45) is 1.18. The number of benzene rings is 1. The molecule has 0 bridgehead atoms. The van der Waals surface area contributed by atoms with Gasteiger partial charge in [-0.25, -0.2) is 4.79 Å². The molecule has 0 unspecified atom stereocenters. The summed E-state index contributed by atoms with van der Waals surface area (Å²) in [5, 5.41) is 8.94. The zero-order chi connectivity index (χ0) is 17.4. The van der Waals surface area contributed by atoms with E-state index in [1.165, 1.54) is 11.1 Å². The zero-order valence-electron chi connectivity index (χ0n) is 15.0. The minimum Gasteiger partial charge on any atom is -0.354 e. The van der Waals surface area contributed by atoms with E-state index in [1.807, 2.05) is 26.0 Å². The van der Waals surface area contributed by atoms with Crippen molar-refractivity contribution in [3.8, 4) is 0 Å². The van der Waals surface area contributed by atoms with Crippen molar-refractivity contribution in [1.82, 2.24) is 20.9 Å². The number of hydrogen-bond donors (Lipinski definition) is 3. The van der Waals surface area contributed by atoms with Crippen LogP contribution in [-0.4, -0.2) is 49.1 Å². The summed E-state index contributed by atoms with van der Waals surface area (Å²) >= 11 is 0. The van der Waals surface area contributed by atoms with E-state index in [-0.39, 0.29) is 30.4 Å². The van der Waals surface area contributed by atoms with Gasteiger partial charge in [-0.05, 0) is 31.0 Å². The lowest BCUT2D eigenvalue weighted by Gasteiger charge is -2.28. The number of amides is 3. The largest absolute Gasteiger partial charge is 0.354 e. The zero-order valence-corrected chi connectivity index (χ0v) is 15.8. The normalized spacial score (nSPS) is 14.1. The standard InChI is InChI=1S/C18H28N4O2.ClH/c1-3-19-14(2)12-21-17(23)8-10-20-18(24)22-11-9-15-6-4-5-7-16(15)13-22;/h4-7,14,19H,3,8-13H2,1-2H3,(H,20,24)(H,21,23);1H/t14-;/m1./s1. The Balaban J connectivity index is 0.00000312. The first-order chi connectivity index (χ1) is 11.6. The lowest BCUT2D eigenvalue weighted by Crippen LogP contribution is -2.44. The molecule has 140 valence electrons. The molecule has 0 radical (unpaired) electrons. The summed E-state index contributed by atoms with van der Waals surface area (Å²) in [5.74, 6) is -0.0379. The molecule has 1 atom stereocenters. The Kier molecular flexibility index (Phi) is 9.31. The van der Waals surface area contributed by atoms with E-state index < -0.39 is 0 Å². The van der Waals surface area contributed by atoms with Gasteiger partial charge in [0.05, 0.1) is 0 Å². The van der Waals surface area contributed by atoms with E-state index in [0.29, 0.717) is 26.1 Å². The molecule has 0 saturated carbocycles. The molecule has 0 aliphatic carbocycles. The minimum absolute atomic E-state index is 0. The Bertz CT molecular complexity index is 568. The number of carbonyl (C=O) groups is 2. The molecule has 1 aromatic rings. The quantitative estimate of drug-likeness (QED) is 0.685. The Morgan fingerprint density at radius 3 is 2.64 bits per heavy atom. The van der Waals surface area contributed by atoms with Crippen molar-refractivity contribution >= 4 is 24.3 Å². The van der Waals surface area contributed by atoms with E-state index >= 15 is 0 Å². The number of likely N-dealkylation sites (N-methyl/N-ethyl adjacent to an activating group) is 1. The first-order valence-electron chi connectivity index (χ1n) is 8.69. The van der Waals surface area contributed by atoms with E-state index in [4.69, 9.17) is 0 Å². The molecular weight excluding hydrogens is 340 g/mol. The fraction of sp³-hybridized carbons (Fsp3) is 0.556. The number of urea groups is 1. The van der Waals surface area contributed by atoms with Crippen LogP contribution in [0.1, 0.15) is 31.4 Å². The van der Waals surface area contributed by atoms with Crippen LogP contribution >= 0.6 is 12.4 Å². The number of hydrogen-bond acceptors (Lipinski definition) is 3. The Morgan fingerprint density at radius 1 is 1.20 bits per heavy atom. The third-order valence-electron chi connectivity index (χ3n) is 4.20. The van der Waals surface area contributed by atoms with E-state index in [2.05, 4.69) is 28.1 Å². The van der Waals surface area contributed by atoms with Crippen molar-refractivity contribution in [3.05, 3.63) is 35.4 Å². The number of fused-ring (bicyclic) bond motifs is 1. The molecule has 1 aromatic carbocycles. The third kappa shape index (κ3) is 6.92. The number of carbonyl (C=O) groups excluding carboxylic acids is 2. The fourth-order valence-electron chi connectivity index (χ4n) is 2.84. The van der Waals surface area contributed by atoms with Crippen molar-refractivity contribution in [1.29, 1.82) is 0 Å². The highest BCUT2D eigenvalue weighted by Gasteiger charge is 2.20. The van der Waals surface area contributed by atoms with Crippen molar-refractivity contribution in [2.75, 3.05) is 26.2 Å². The van der Waals surface area contributed by atoms with Gasteiger partial charge < -0.3 is 20.9 Å². The van der Waals surface area contributed by atoms with Crippen LogP contribution in [0.25, 0.3) is 0 Å². The number of nitrogens with zero attached hydrogens (tertiary/aromatic N) is 1. The molecule has 0 saturated heterocycles. The fourth-order valence-corrected chi connectivity index (χ4v) is 2.84. The molecule has 0 aromatic heterocycles. The average Bonchev–Trinajstić information content (AvgIpc) is 2.59. The second-order valence-corrected chi connectivity index (χ2v) is 6.18. The SMILES string of the molecule is CCN[C@H](C)CNC(=O)CCNC(=O)N1CCc2ccccc2C1.Cl. The molecule has 0 spiro atoms. The monoisotopic (exact) mass is 368 g/mol. The highest BCUT2D eigenvalue weighted by Crippen LogP contribution is 2.18. The predicted octanol–water partition coefficient (Wildman–Crippen LogP) is 1.68. The van der Waals surface area contributed by atoms with Gasteiger partial charge in [0, 0.05) is 38.6 Å². The van der Waals surface area contributed by atoms with Gasteiger partial charge in [-0.1, -0.05) is 31.2 Å². The maximum atomic E-state index is 12.2. The van der Waals surface area contributed by atoms with Crippen LogP contribution in [0.15, 0.2) is 24.3 Å². The van der Waals surface area contributed by atoms with Gasteiger partial charge in [0.2, 0.25) is 5.91 Å². The van der Waals surface area contributed by atoms with Crippen LogP contribution in [0.5, 0.6) is 0 Å². The third-order valence-corrected chi connectivity index (χ3v) is 4.20. The average molecular weight is 369 g/mol. The summed E-state index contributed by atoms with van der Waals surface area (Å²) in [7, 11) is 0. The van der Waals surface area contributed by atoms with Gasteiger partial charge in [-0.15, -0.1) is 12.4 Å². The van der Waals surface area contributed by atoms with E-state index in [1.54, 1.807) is 4.90 Å². The number of rotatable bonds is 7. The summed E-state index contributed by atoms with van der Waals surface area (Å²) in [4.78, 5) is 25.8. The van der Waals surface area contributed by atoms with Crippen LogP contribution in [0.3, 0.4) is 0 Å². The van der Waals surface area contributed by atoms with E-state index in [9.17, 15) is 9.59 Å². The van der Waals surface area contributed by atoms with Crippen LogP contribution in [0.4, 0.5) is 4.79 Å². The molecule has 7 heteroatoms. The number of nitrogens with one attached hydrogen (secondary N) is 3. The van der Waals surface area contributed by atoms with Crippen molar-refractivity contribution in [2.24, 2.45) is 0 Å². The van der Waals surface area contributed by atoms with Gasteiger partial charge in [-0.3, -0.25) is 4.79 Å². The smallest absolute Gasteiger partial charge is 0.317 e. The molecular formula is C18H29ClN4O2. The lowest BCUT2D eigenvalue weighted by molar-refractivity contribution is -0.121. The van der Waals surface area contributed by atoms with Crippen LogP contribution in [-0.2, 0) is 17.8 Å². The van der Waals surface area contributed by atoms with Crippen LogP contribution in [0, 0.1) is 0 Å². The van der Waals surface area contributed by atoms with Crippen LogP contribution < -0.4 is 16.0 Å². The molecule has 2 rings (SSSR count). The maximum absolute atomic E-state index is 12.2. The first-order valence-corrected chi connectivity index (χ1v) is 8.69. The second-order valence-electron chi connectivity index (χ2n) is 6.18. The first kappa shape index (κ1) is 21.3. The number of halogens is 1. The van der Waals surface area contributed by atoms with Gasteiger partial charge in [0.15, 0.2) is 0 Å². The van der Waals surface area contributed by atoms with Gasteiger partial charge in [0.25, 0.3) is 0 Å². The highest BCUT2D eigenvalue weighted by molar-refractivity contribution is 5.85.